The molecule has 4 N–H and O–H groups in total. The van der Waals surface area contributed by atoms with Gasteiger partial charge in [0.05, 0.1) is 16.6 Å². The summed E-state index contributed by atoms with van der Waals surface area (Å²) in [5.74, 6) is -1.49. The molecule has 10 heteroatoms. The highest BCUT2D eigenvalue weighted by molar-refractivity contribution is 5.91. The minimum absolute atomic E-state index is 0.0470. The molecule has 0 bridgehead atoms. The smallest absolute Gasteiger partial charge is 0.407 e. The van der Waals surface area contributed by atoms with Gasteiger partial charge in [0.25, 0.3) is 5.69 Å². The van der Waals surface area contributed by atoms with Gasteiger partial charge in [-0.3, -0.25) is 10.1 Å². The third kappa shape index (κ3) is 5.30. The molecule has 0 saturated carbocycles. The van der Waals surface area contributed by atoms with Crippen molar-refractivity contribution in [3.63, 3.8) is 0 Å². The molecular weight excluding hydrogens is 480 g/mol. The number of nitro groups is 1. The first-order valence-electron chi connectivity index (χ1n) is 11.7. The molecule has 0 fully saturated rings. The van der Waals surface area contributed by atoms with E-state index in [0.717, 1.165) is 34.4 Å². The highest BCUT2D eigenvalue weighted by atomic mass is 16.6. The molecule has 3 aromatic carbocycles. The highest BCUT2D eigenvalue weighted by Crippen LogP contribution is 2.44. The zero-order valence-corrected chi connectivity index (χ0v) is 20.0. The summed E-state index contributed by atoms with van der Waals surface area (Å²) < 4.78 is 5.43. The minimum Gasteiger partial charge on any atom is -0.478 e. The van der Waals surface area contributed by atoms with E-state index in [9.17, 15) is 35.0 Å². The van der Waals surface area contributed by atoms with Crippen LogP contribution < -0.4 is 5.32 Å². The lowest BCUT2D eigenvalue weighted by Crippen LogP contribution is -2.30. The molecule has 10 nitrogen and oxygen atoms in total. The van der Waals surface area contributed by atoms with Crippen molar-refractivity contribution in [1.82, 2.24) is 5.32 Å². The van der Waals surface area contributed by atoms with Crippen molar-refractivity contribution in [2.75, 3.05) is 13.2 Å². The SMILES string of the molecule is Cc1c(C(=O)O)cc(C(O)C(O)CCNC(=O)OCC2c3ccccc3-c3ccccc32)cc1[N+](=O)[O-]. The van der Waals surface area contributed by atoms with Crippen LogP contribution in [0.25, 0.3) is 11.1 Å². The number of amides is 1. The van der Waals surface area contributed by atoms with Gasteiger partial charge in [-0.25, -0.2) is 9.59 Å². The van der Waals surface area contributed by atoms with Crippen LogP contribution in [0.1, 0.15) is 51.1 Å². The van der Waals surface area contributed by atoms with E-state index >= 15 is 0 Å². The molecule has 4 rings (SSSR count). The standard InChI is InChI=1S/C27H26N2O8/c1-15-21(26(32)33)12-16(13-23(15)29(35)36)25(31)24(30)10-11-28-27(34)37-14-22-19-8-4-2-6-17(19)18-7-3-5-9-20(18)22/h2-9,12-13,22,24-25,30-31H,10-11,14H2,1H3,(H,28,34)(H,32,33). The number of aromatic carboxylic acids is 1. The average Bonchev–Trinajstić information content (AvgIpc) is 3.20. The Morgan fingerprint density at radius 1 is 1.05 bits per heavy atom. The van der Waals surface area contributed by atoms with E-state index in [2.05, 4.69) is 5.32 Å². The number of alkyl carbamates (subject to hydrolysis) is 1. The summed E-state index contributed by atoms with van der Waals surface area (Å²) >= 11 is 0. The Morgan fingerprint density at radius 2 is 1.65 bits per heavy atom. The van der Waals surface area contributed by atoms with E-state index in [0.29, 0.717) is 0 Å². The third-order valence-electron chi connectivity index (χ3n) is 6.59. The first-order chi connectivity index (χ1) is 17.7. The van der Waals surface area contributed by atoms with E-state index in [1.54, 1.807) is 0 Å². The lowest BCUT2D eigenvalue weighted by atomic mass is 9.96. The molecule has 3 aromatic rings. The number of nitrogens with one attached hydrogen (secondary N) is 1. The summed E-state index contributed by atoms with van der Waals surface area (Å²) in [7, 11) is 0. The number of carboxylic acid groups (broad SMARTS) is 1. The van der Waals surface area contributed by atoms with Crippen molar-refractivity contribution >= 4 is 17.7 Å². The Morgan fingerprint density at radius 3 is 2.22 bits per heavy atom. The highest BCUT2D eigenvalue weighted by Gasteiger charge is 2.29. The average molecular weight is 507 g/mol. The van der Waals surface area contributed by atoms with Gasteiger partial charge in [-0.1, -0.05) is 48.5 Å². The monoisotopic (exact) mass is 506 g/mol. The molecule has 0 heterocycles. The number of aliphatic hydroxyl groups is 2. The van der Waals surface area contributed by atoms with E-state index < -0.39 is 34.9 Å². The number of rotatable bonds is 9. The van der Waals surface area contributed by atoms with Crippen LogP contribution in [-0.4, -0.2) is 51.6 Å². The number of nitrogens with zero attached hydrogens (tertiary/aromatic N) is 1. The van der Waals surface area contributed by atoms with Gasteiger partial charge >= 0.3 is 12.1 Å². The minimum atomic E-state index is -1.60. The van der Waals surface area contributed by atoms with Crippen LogP contribution in [0.2, 0.25) is 0 Å². The molecule has 1 aliphatic carbocycles. The van der Waals surface area contributed by atoms with E-state index in [1.807, 2.05) is 48.5 Å². The van der Waals surface area contributed by atoms with Gasteiger partial charge in [-0.15, -0.1) is 0 Å². The van der Waals surface area contributed by atoms with Gasteiger partial charge < -0.3 is 25.4 Å². The summed E-state index contributed by atoms with van der Waals surface area (Å²) in [5, 5.41) is 44.0. The Balaban J connectivity index is 1.33. The number of aliphatic hydroxyl groups excluding tert-OH is 2. The Labute approximate surface area is 212 Å². The van der Waals surface area contributed by atoms with Gasteiger partial charge in [-0.2, -0.15) is 0 Å². The van der Waals surface area contributed by atoms with Gasteiger partial charge in [0.1, 0.15) is 12.7 Å². The zero-order chi connectivity index (χ0) is 26.7. The van der Waals surface area contributed by atoms with Crippen LogP contribution in [0, 0.1) is 17.0 Å². The number of carbonyl (C=O) groups is 2. The Bertz CT molecular complexity index is 1280. The van der Waals surface area contributed by atoms with Crippen LogP contribution in [0.4, 0.5) is 10.5 Å². The lowest BCUT2D eigenvalue weighted by Gasteiger charge is -2.19. The van der Waals surface area contributed by atoms with Crippen molar-refractivity contribution in [2.45, 2.75) is 31.5 Å². The maximum Gasteiger partial charge on any atom is 0.407 e. The molecule has 0 aromatic heterocycles. The molecule has 0 aliphatic heterocycles. The van der Waals surface area contributed by atoms with E-state index in [1.165, 1.54) is 6.92 Å². The molecule has 2 unspecified atom stereocenters. The molecule has 37 heavy (non-hydrogen) atoms. The number of benzene rings is 3. The zero-order valence-electron chi connectivity index (χ0n) is 20.0. The summed E-state index contributed by atoms with van der Waals surface area (Å²) in [5.41, 5.74) is 3.37. The first-order valence-corrected chi connectivity index (χ1v) is 11.7. The molecule has 192 valence electrons. The summed E-state index contributed by atoms with van der Waals surface area (Å²) in [6.07, 6.45) is -3.81. The van der Waals surface area contributed by atoms with Crippen LogP contribution >= 0.6 is 0 Å². The maximum absolute atomic E-state index is 12.3. The molecular formula is C27H26N2O8. The predicted molar refractivity (Wildman–Crippen MR) is 133 cm³/mol. The number of nitro benzene ring substituents is 1. The lowest BCUT2D eigenvalue weighted by molar-refractivity contribution is -0.385. The fourth-order valence-corrected chi connectivity index (χ4v) is 4.65. The first kappa shape index (κ1) is 25.8. The van der Waals surface area contributed by atoms with Crippen molar-refractivity contribution in [1.29, 1.82) is 0 Å². The van der Waals surface area contributed by atoms with Crippen LogP contribution in [-0.2, 0) is 4.74 Å². The van der Waals surface area contributed by atoms with Gasteiger partial charge in [0.15, 0.2) is 0 Å². The molecule has 0 radical (unpaired) electrons. The van der Waals surface area contributed by atoms with Gasteiger partial charge in [0.2, 0.25) is 0 Å². The third-order valence-corrected chi connectivity index (χ3v) is 6.59. The Hall–Kier alpha value is -4.28. The number of ether oxygens (including phenoxy) is 1. The molecule has 2 atom stereocenters. The number of fused-ring (bicyclic) bond motifs is 3. The van der Waals surface area contributed by atoms with Gasteiger partial charge in [-0.05, 0) is 47.2 Å². The number of carbonyl (C=O) groups excluding carboxylic acids is 1. The maximum atomic E-state index is 12.3. The van der Waals surface area contributed by atoms with Crippen molar-refractivity contribution in [3.8, 4) is 11.1 Å². The van der Waals surface area contributed by atoms with Crippen LogP contribution in [0.15, 0.2) is 60.7 Å². The summed E-state index contributed by atoms with van der Waals surface area (Å²) in [6, 6.07) is 18.0. The second-order valence-electron chi connectivity index (χ2n) is 8.83. The molecule has 0 spiro atoms. The summed E-state index contributed by atoms with van der Waals surface area (Å²) in [4.78, 5) is 34.3. The second kappa shape index (κ2) is 10.8. The van der Waals surface area contributed by atoms with Crippen molar-refractivity contribution in [2.24, 2.45) is 0 Å². The fraction of sp³-hybridized carbons (Fsp3) is 0.259. The predicted octanol–water partition coefficient (Wildman–Crippen LogP) is 3.92. The largest absolute Gasteiger partial charge is 0.478 e. The van der Waals surface area contributed by atoms with Crippen LogP contribution in [0.5, 0.6) is 0 Å². The van der Waals surface area contributed by atoms with Crippen LogP contribution in [0.3, 0.4) is 0 Å². The van der Waals surface area contributed by atoms with Crippen molar-refractivity contribution in [3.05, 3.63) is 98.6 Å². The topological polar surface area (TPSA) is 159 Å². The number of carboxylic acids is 1. The fourth-order valence-electron chi connectivity index (χ4n) is 4.65. The molecule has 1 aliphatic rings. The van der Waals surface area contributed by atoms with Crippen molar-refractivity contribution < 1.29 is 34.6 Å². The molecule has 0 saturated heterocycles. The van der Waals surface area contributed by atoms with E-state index in [4.69, 9.17) is 4.74 Å². The normalized spacial score (nSPS) is 13.8. The van der Waals surface area contributed by atoms with E-state index in [-0.39, 0.29) is 42.2 Å². The summed E-state index contributed by atoms with van der Waals surface area (Å²) in [6.45, 7) is 1.37. The number of hydrogen-bond donors (Lipinski definition) is 4. The number of hydrogen-bond acceptors (Lipinski definition) is 7. The van der Waals surface area contributed by atoms with Gasteiger partial charge in [0, 0.05) is 24.1 Å². The Kier molecular flexibility index (Phi) is 7.51. The molecule has 1 amide bonds. The second-order valence-corrected chi connectivity index (χ2v) is 8.83. The quantitative estimate of drug-likeness (QED) is 0.251.